The highest BCUT2D eigenvalue weighted by molar-refractivity contribution is 5.56. The van der Waals surface area contributed by atoms with E-state index in [0.29, 0.717) is 11.5 Å². The van der Waals surface area contributed by atoms with Gasteiger partial charge in [-0.15, -0.1) is 0 Å². The maximum atomic E-state index is 3.82. The maximum Gasteiger partial charge on any atom is 0.0377 e. The lowest BCUT2D eigenvalue weighted by molar-refractivity contribution is 0.378. The molecule has 1 heteroatoms. The van der Waals surface area contributed by atoms with Crippen LogP contribution in [0.25, 0.3) is 0 Å². The number of rotatable bonds is 2. The Morgan fingerprint density at radius 3 is 2.78 bits per heavy atom. The summed E-state index contributed by atoms with van der Waals surface area (Å²) in [4.78, 5) is 0. The molecule has 0 radical (unpaired) electrons. The van der Waals surface area contributed by atoms with Gasteiger partial charge in [0.25, 0.3) is 0 Å². The van der Waals surface area contributed by atoms with Gasteiger partial charge in [0, 0.05) is 11.7 Å². The zero-order valence-electron chi connectivity index (χ0n) is 11.8. The fourth-order valence-corrected chi connectivity index (χ4v) is 3.70. The molecule has 1 aromatic rings. The van der Waals surface area contributed by atoms with Crippen molar-refractivity contribution >= 4 is 5.69 Å². The number of nitrogens with one attached hydrogen (secondary N) is 1. The van der Waals surface area contributed by atoms with Gasteiger partial charge in [-0.3, -0.25) is 0 Å². The van der Waals surface area contributed by atoms with Crippen molar-refractivity contribution in [1.82, 2.24) is 0 Å². The van der Waals surface area contributed by atoms with Gasteiger partial charge in [0.2, 0.25) is 0 Å². The van der Waals surface area contributed by atoms with Crippen LogP contribution in [0.15, 0.2) is 18.2 Å². The Hall–Kier alpha value is -0.980. The summed E-state index contributed by atoms with van der Waals surface area (Å²) < 4.78 is 0. The first kappa shape index (κ1) is 12.1. The van der Waals surface area contributed by atoms with Crippen molar-refractivity contribution in [2.45, 2.75) is 64.8 Å². The summed E-state index contributed by atoms with van der Waals surface area (Å²) in [6.07, 6.45) is 9.29. The number of aryl methyl sites for hydroxylation is 1. The van der Waals surface area contributed by atoms with E-state index < -0.39 is 0 Å². The van der Waals surface area contributed by atoms with Crippen LogP contribution in [0.2, 0.25) is 0 Å². The minimum atomic E-state index is 0.534. The van der Waals surface area contributed by atoms with Crippen LogP contribution in [0.1, 0.15) is 57.1 Å². The highest BCUT2D eigenvalue weighted by Gasteiger charge is 2.31. The van der Waals surface area contributed by atoms with Crippen molar-refractivity contribution in [1.29, 1.82) is 0 Å². The zero-order valence-corrected chi connectivity index (χ0v) is 11.8. The molecule has 0 aliphatic heterocycles. The van der Waals surface area contributed by atoms with Crippen molar-refractivity contribution in [3.63, 3.8) is 0 Å². The lowest BCUT2D eigenvalue weighted by Gasteiger charge is -2.23. The lowest BCUT2D eigenvalue weighted by Crippen LogP contribution is -2.19. The van der Waals surface area contributed by atoms with Gasteiger partial charge in [0.15, 0.2) is 0 Å². The third kappa shape index (κ3) is 2.41. The van der Waals surface area contributed by atoms with Crippen LogP contribution >= 0.6 is 0 Å². The van der Waals surface area contributed by atoms with Gasteiger partial charge in [-0.1, -0.05) is 26.0 Å². The summed E-state index contributed by atoms with van der Waals surface area (Å²) in [6.45, 7) is 4.80. The molecule has 1 unspecified atom stereocenters. The smallest absolute Gasteiger partial charge is 0.0377 e. The first-order chi connectivity index (χ1) is 8.64. The Kier molecular flexibility index (Phi) is 3.09. The maximum absolute atomic E-state index is 3.82. The van der Waals surface area contributed by atoms with Crippen LogP contribution in [0, 0.1) is 5.41 Å². The van der Waals surface area contributed by atoms with Crippen molar-refractivity contribution in [2.75, 3.05) is 5.32 Å². The van der Waals surface area contributed by atoms with Crippen molar-refractivity contribution < 1.29 is 0 Å². The van der Waals surface area contributed by atoms with Gasteiger partial charge in [0.05, 0.1) is 0 Å². The molecule has 3 rings (SSSR count). The molecule has 1 N–H and O–H groups in total. The third-order valence-corrected chi connectivity index (χ3v) is 4.72. The summed E-state index contributed by atoms with van der Waals surface area (Å²) in [5.74, 6) is 0. The van der Waals surface area contributed by atoms with Crippen LogP contribution < -0.4 is 5.32 Å². The number of anilines is 1. The summed E-state index contributed by atoms with van der Waals surface area (Å²) in [6, 6.07) is 7.52. The molecule has 0 heterocycles. The number of hydrogen-bond acceptors (Lipinski definition) is 1. The molecule has 18 heavy (non-hydrogen) atoms. The Bertz CT molecular complexity index is 433. The van der Waals surface area contributed by atoms with Gasteiger partial charge in [-0.25, -0.2) is 0 Å². The van der Waals surface area contributed by atoms with Gasteiger partial charge in [0.1, 0.15) is 0 Å². The van der Waals surface area contributed by atoms with E-state index in [0.717, 1.165) is 0 Å². The Balaban J connectivity index is 1.77. The molecule has 0 bridgehead atoms. The standard InChI is InChI=1S/C17H25N/c1-17(2)11-10-14(12-17)18-16-9-5-7-13-6-3-4-8-15(13)16/h5,7,9,14,18H,3-4,6,8,10-12H2,1-2H3. The Labute approximate surface area is 111 Å². The SMILES string of the molecule is CC1(C)CCC(Nc2cccc3c2CCCC3)C1. The minimum absolute atomic E-state index is 0.534. The minimum Gasteiger partial charge on any atom is -0.382 e. The van der Waals surface area contributed by atoms with Crippen molar-refractivity contribution in [3.8, 4) is 0 Å². The van der Waals surface area contributed by atoms with E-state index in [1.807, 2.05) is 0 Å². The van der Waals surface area contributed by atoms with E-state index in [2.05, 4.69) is 37.4 Å². The molecule has 2 aliphatic rings. The highest BCUT2D eigenvalue weighted by Crippen LogP contribution is 2.39. The topological polar surface area (TPSA) is 12.0 Å². The predicted octanol–water partition coefficient (Wildman–Crippen LogP) is 4.56. The van der Waals surface area contributed by atoms with Crippen LogP contribution in [-0.2, 0) is 12.8 Å². The molecule has 1 aromatic carbocycles. The van der Waals surface area contributed by atoms with E-state index in [4.69, 9.17) is 0 Å². The van der Waals surface area contributed by atoms with Gasteiger partial charge < -0.3 is 5.32 Å². The van der Waals surface area contributed by atoms with E-state index >= 15 is 0 Å². The Morgan fingerprint density at radius 1 is 1.17 bits per heavy atom. The van der Waals surface area contributed by atoms with E-state index in [1.54, 1.807) is 11.1 Å². The molecule has 1 fully saturated rings. The average molecular weight is 243 g/mol. The predicted molar refractivity (Wildman–Crippen MR) is 78.1 cm³/mol. The summed E-state index contributed by atoms with van der Waals surface area (Å²) in [7, 11) is 0. The number of benzene rings is 1. The molecule has 0 saturated heterocycles. The van der Waals surface area contributed by atoms with Gasteiger partial charge in [-0.05, 0) is 67.6 Å². The lowest BCUT2D eigenvalue weighted by atomic mass is 9.90. The second-order valence-electron chi connectivity index (χ2n) is 6.90. The van der Waals surface area contributed by atoms with Crippen LogP contribution in [0.5, 0.6) is 0 Å². The third-order valence-electron chi connectivity index (χ3n) is 4.72. The van der Waals surface area contributed by atoms with Gasteiger partial charge >= 0.3 is 0 Å². The van der Waals surface area contributed by atoms with Crippen molar-refractivity contribution in [3.05, 3.63) is 29.3 Å². The first-order valence-corrected chi connectivity index (χ1v) is 7.51. The second kappa shape index (κ2) is 4.60. The molecule has 1 saturated carbocycles. The molecule has 1 atom stereocenters. The first-order valence-electron chi connectivity index (χ1n) is 7.51. The van der Waals surface area contributed by atoms with Crippen LogP contribution in [-0.4, -0.2) is 6.04 Å². The molecular weight excluding hydrogens is 218 g/mol. The molecule has 0 spiro atoms. The van der Waals surface area contributed by atoms with Crippen LogP contribution in [0.3, 0.4) is 0 Å². The molecule has 98 valence electrons. The molecule has 0 amide bonds. The zero-order chi connectivity index (χ0) is 12.6. The second-order valence-corrected chi connectivity index (χ2v) is 6.90. The fraction of sp³-hybridized carbons (Fsp3) is 0.647. The Morgan fingerprint density at radius 2 is 2.00 bits per heavy atom. The monoisotopic (exact) mass is 243 g/mol. The van der Waals surface area contributed by atoms with Crippen LogP contribution in [0.4, 0.5) is 5.69 Å². The highest BCUT2D eigenvalue weighted by atomic mass is 14.9. The molecule has 0 aromatic heterocycles. The van der Waals surface area contributed by atoms with E-state index in [9.17, 15) is 0 Å². The number of fused-ring (bicyclic) bond motifs is 1. The van der Waals surface area contributed by atoms with E-state index in [1.165, 1.54) is 50.6 Å². The molecular formula is C17H25N. The quantitative estimate of drug-likeness (QED) is 0.803. The molecule has 1 nitrogen and oxygen atoms in total. The molecule has 2 aliphatic carbocycles. The van der Waals surface area contributed by atoms with Gasteiger partial charge in [-0.2, -0.15) is 0 Å². The van der Waals surface area contributed by atoms with Crippen molar-refractivity contribution in [2.24, 2.45) is 5.41 Å². The largest absolute Gasteiger partial charge is 0.382 e. The fourth-order valence-electron chi connectivity index (χ4n) is 3.70. The number of hydrogen-bond donors (Lipinski definition) is 1. The van der Waals surface area contributed by atoms with E-state index in [-0.39, 0.29) is 0 Å². The normalized spacial score (nSPS) is 25.8. The summed E-state index contributed by atoms with van der Waals surface area (Å²) >= 11 is 0. The average Bonchev–Trinajstić information content (AvgIpc) is 2.69. The summed E-state index contributed by atoms with van der Waals surface area (Å²) in [5.41, 5.74) is 5.15. The summed E-state index contributed by atoms with van der Waals surface area (Å²) in [5, 5.41) is 3.82.